The fourth-order valence-corrected chi connectivity index (χ4v) is 1.49. The summed E-state index contributed by atoms with van der Waals surface area (Å²) < 4.78 is 12.9. The molecule has 0 aliphatic rings. The highest BCUT2D eigenvalue weighted by molar-refractivity contribution is 5.85. The van der Waals surface area contributed by atoms with E-state index >= 15 is 0 Å². The number of hydrogen-bond donors (Lipinski definition) is 3. The summed E-state index contributed by atoms with van der Waals surface area (Å²) >= 11 is 0. The molecule has 2 unspecified atom stereocenters. The first-order valence-electron chi connectivity index (χ1n) is 5.95. The Balaban J connectivity index is 0.00000324. The predicted octanol–water partition coefficient (Wildman–Crippen LogP) is 1.52. The van der Waals surface area contributed by atoms with Crippen molar-refractivity contribution in [2.45, 2.75) is 31.9 Å². The van der Waals surface area contributed by atoms with Crippen molar-refractivity contribution in [2.24, 2.45) is 5.73 Å². The lowest BCUT2D eigenvalue weighted by Crippen LogP contribution is -2.29. The van der Waals surface area contributed by atoms with E-state index in [0.29, 0.717) is 18.4 Å². The second kappa shape index (κ2) is 8.85. The molecule has 0 radical (unpaired) electrons. The van der Waals surface area contributed by atoms with Gasteiger partial charge in [0, 0.05) is 19.0 Å². The summed E-state index contributed by atoms with van der Waals surface area (Å²) in [6.07, 6.45) is 0.0232. The van der Waals surface area contributed by atoms with Gasteiger partial charge >= 0.3 is 0 Å². The van der Waals surface area contributed by atoms with Crippen molar-refractivity contribution in [2.75, 3.05) is 6.54 Å². The van der Waals surface area contributed by atoms with E-state index in [9.17, 15) is 14.3 Å². The Labute approximate surface area is 118 Å². The van der Waals surface area contributed by atoms with Gasteiger partial charge in [0.2, 0.25) is 5.91 Å². The number of amides is 1. The van der Waals surface area contributed by atoms with Gasteiger partial charge in [-0.25, -0.2) is 4.39 Å². The molecule has 0 spiro atoms. The minimum atomic E-state index is -0.903. The maximum Gasteiger partial charge on any atom is 0.220 e. The Morgan fingerprint density at radius 1 is 1.53 bits per heavy atom. The van der Waals surface area contributed by atoms with Gasteiger partial charge in [-0.2, -0.15) is 0 Å². The van der Waals surface area contributed by atoms with Crippen LogP contribution in [0.25, 0.3) is 0 Å². The van der Waals surface area contributed by atoms with Crippen molar-refractivity contribution in [1.29, 1.82) is 0 Å². The molecule has 0 aliphatic heterocycles. The van der Waals surface area contributed by atoms with Gasteiger partial charge in [-0.3, -0.25) is 4.79 Å². The normalized spacial score (nSPS) is 13.3. The molecule has 108 valence electrons. The van der Waals surface area contributed by atoms with Crippen molar-refractivity contribution < 1.29 is 14.3 Å². The smallest absolute Gasteiger partial charge is 0.220 e. The van der Waals surface area contributed by atoms with Crippen LogP contribution in [-0.2, 0) is 4.79 Å². The molecule has 0 saturated carbocycles. The van der Waals surface area contributed by atoms with Crippen LogP contribution in [-0.4, -0.2) is 23.6 Å². The van der Waals surface area contributed by atoms with Crippen LogP contribution in [0.5, 0.6) is 0 Å². The van der Waals surface area contributed by atoms with Crippen molar-refractivity contribution in [3.8, 4) is 0 Å². The monoisotopic (exact) mass is 290 g/mol. The summed E-state index contributed by atoms with van der Waals surface area (Å²) in [6.45, 7) is 1.90. The zero-order valence-electron chi connectivity index (χ0n) is 10.8. The number of halogens is 2. The molecular formula is C13H20ClFN2O2. The van der Waals surface area contributed by atoms with Gasteiger partial charge in [0.15, 0.2) is 0 Å². The van der Waals surface area contributed by atoms with E-state index in [0.717, 1.165) is 0 Å². The second-order valence-electron chi connectivity index (χ2n) is 4.39. The zero-order chi connectivity index (χ0) is 13.5. The lowest BCUT2D eigenvalue weighted by molar-refractivity contribution is -0.121. The Morgan fingerprint density at radius 2 is 2.21 bits per heavy atom. The molecule has 4 N–H and O–H groups in total. The largest absolute Gasteiger partial charge is 0.387 e. The zero-order valence-corrected chi connectivity index (χ0v) is 11.6. The maximum absolute atomic E-state index is 12.9. The van der Waals surface area contributed by atoms with Gasteiger partial charge in [0.25, 0.3) is 0 Å². The first-order chi connectivity index (χ1) is 8.49. The molecule has 0 saturated heterocycles. The molecule has 6 heteroatoms. The van der Waals surface area contributed by atoms with E-state index in [1.54, 1.807) is 6.07 Å². The Bertz CT molecular complexity index is 402. The van der Waals surface area contributed by atoms with E-state index in [1.165, 1.54) is 18.2 Å². The summed E-state index contributed by atoms with van der Waals surface area (Å²) in [5.41, 5.74) is 5.98. The minimum absolute atomic E-state index is 0. The lowest BCUT2D eigenvalue weighted by atomic mass is 10.1. The van der Waals surface area contributed by atoms with E-state index in [2.05, 4.69) is 5.32 Å². The van der Waals surface area contributed by atoms with Crippen molar-refractivity contribution in [3.05, 3.63) is 35.6 Å². The molecule has 1 aromatic carbocycles. The number of benzene rings is 1. The Kier molecular flexibility index (Phi) is 8.30. The number of aliphatic hydroxyl groups is 1. The van der Waals surface area contributed by atoms with E-state index < -0.39 is 11.9 Å². The quantitative estimate of drug-likeness (QED) is 0.744. The highest BCUT2D eigenvalue weighted by Gasteiger charge is 2.10. The Morgan fingerprint density at radius 3 is 2.79 bits per heavy atom. The van der Waals surface area contributed by atoms with E-state index in [4.69, 9.17) is 5.73 Å². The lowest BCUT2D eigenvalue weighted by Gasteiger charge is -2.12. The number of carbonyl (C=O) groups is 1. The summed E-state index contributed by atoms with van der Waals surface area (Å²) in [5.74, 6) is -0.572. The van der Waals surface area contributed by atoms with Gasteiger partial charge in [-0.15, -0.1) is 12.4 Å². The first-order valence-corrected chi connectivity index (χ1v) is 5.95. The van der Waals surface area contributed by atoms with Gasteiger partial charge in [0.05, 0.1) is 6.10 Å². The SMILES string of the molecule is CC(N)CCC(=O)NCC(O)c1cccc(F)c1.Cl. The van der Waals surface area contributed by atoms with Gasteiger partial charge < -0.3 is 16.2 Å². The van der Waals surface area contributed by atoms with E-state index in [1.807, 2.05) is 6.92 Å². The topological polar surface area (TPSA) is 75.4 Å². The number of nitrogens with two attached hydrogens (primary N) is 1. The third-order valence-corrected chi connectivity index (χ3v) is 2.55. The van der Waals surface area contributed by atoms with Crippen LogP contribution in [0.1, 0.15) is 31.4 Å². The number of nitrogens with one attached hydrogen (secondary N) is 1. The molecule has 0 aliphatic carbocycles. The molecule has 0 aromatic heterocycles. The van der Waals surface area contributed by atoms with Gasteiger partial charge in [-0.05, 0) is 31.0 Å². The van der Waals surface area contributed by atoms with Crippen molar-refractivity contribution >= 4 is 18.3 Å². The molecule has 1 aromatic rings. The van der Waals surface area contributed by atoms with Crippen molar-refractivity contribution in [3.63, 3.8) is 0 Å². The fraction of sp³-hybridized carbons (Fsp3) is 0.462. The first kappa shape index (κ1) is 17.8. The summed E-state index contributed by atoms with van der Waals surface area (Å²) in [6, 6.07) is 5.66. The summed E-state index contributed by atoms with van der Waals surface area (Å²) in [7, 11) is 0. The third kappa shape index (κ3) is 7.10. The molecule has 0 bridgehead atoms. The third-order valence-electron chi connectivity index (χ3n) is 2.55. The molecule has 0 heterocycles. The van der Waals surface area contributed by atoms with E-state index in [-0.39, 0.29) is 30.9 Å². The molecular weight excluding hydrogens is 271 g/mol. The van der Waals surface area contributed by atoms with Crippen LogP contribution < -0.4 is 11.1 Å². The standard InChI is InChI=1S/C13H19FN2O2.ClH/c1-9(15)5-6-13(18)16-8-12(17)10-3-2-4-11(14)7-10;/h2-4,7,9,12,17H,5-6,8,15H2,1H3,(H,16,18);1H. The van der Waals surface area contributed by atoms with Crippen LogP contribution >= 0.6 is 12.4 Å². The molecule has 2 atom stereocenters. The average molecular weight is 291 g/mol. The molecule has 0 fully saturated rings. The molecule has 19 heavy (non-hydrogen) atoms. The number of carbonyl (C=O) groups excluding carboxylic acids is 1. The highest BCUT2D eigenvalue weighted by Crippen LogP contribution is 2.12. The summed E-state index contributed by atoms with van der Waals surface area (Å²) in [5, 5.41) is 12.4. The fourth-order valence-electron chi connectivity index (χ4n) is 1.49. The number of hydrogen-bond acceptors (Lipinski definition) is 3. The summed E-state index contributed by atoms with van der Waals surface area (Å²) in [4.78, 5) is 11.4. The Hall–Kier alpha value is -1.17. The van der Waals surface area contributed by atoms with Crippen LogP contribution in [0.2, 0.25) is 0 Å². The average Bonchev–Trinajstić information content (AvgIpc) is 2.33. The van der Waals surface area contributed by atoms with Crippen LogP contribution in [0.15, 0.2) is 24.3 Å². The van der Waals surface area contributed by atoms with Gasteiger partial charge in [-0.1, -0.05) is 12.1 Å². The number of aliphatic hydroxyl groups excluding tert-OH is 1. The maximum atomic E-state index is 12.9. The molecule has 1 amide bonds. The van der Waals surface area contributed by atoms with Crippen LogP contribution in [0.3, 0.4) is 0 Å². The molecule has 1 rings (SSSR count). The minimum Gasteiger partial charge on any atom is -0.387 e. The predicted molar refractivity (Wildman–Crippen MR) is 74.5 cm³/mol. The second-order valence-corrected chi connectivity index (χ2v) is 4.39. The van der Waals surface area contributed by atoms with Crippen LogP contribution in [0, 0.1) is 5.82 Å². The molecule has 4 nitrogen and oxygen atoms in total. The van der Waals surface area contributed by atoms with Crippen LogP contribution in [0.4, 0.5) is 4.39 Å². The van der Waals surface area contributed by atoms with Gasteiger partial charge in [0.1, 0.15) is 5.82 Å². The van der Waals surface area contributed by atoms with Crippen molar-refractivity contribution in [1.82, 2.24) is 5.32 Å². The number of rotatable bonds is 6. The highest BCUT2D eigenvalue weighted by atomic mass is 35.5.